The van der Waals surface area contributed by atoms with Crippen molar-refractivity contribution in [2.75, 3.05) is 24.6 Å². The lowest BCUT2D eigenvalue weighted by Gasteiger charge is -2.31. The summed E-state index contributed by atoms with van der Waals surface area (Å²) in [7, 11) is 0. The monoisotopic (exact) mass is 276 g/mol. The van der Waals surface area contributed by atoms with E-state index in [2.05, 4.69) is 0 Å². The number of carbonyl (C=O) groups is 1. The standard InChI is InChI=1S/C12H12N4O4/c13-6-9-7-15(3-4-20-9)11-5-8(12(14)17)1-2-10(11)16(18)19/h1-2,5,9H,3-4,7H2,(H2,14,17). The number of amides is 1. The van der Waals surface area contributed by atoms with Crippen molar-refractivity contribution in [3.8, 4) is 6.07 Å². The Morgan fingerprint density at radius 2 is 2.35 bits per heavy atom. The van der Waals surface area contributed by atoms with Gasteiger partial charge in [0.1, 0.15) is 5.69 Å². The lowest BCUT2D eigenvalue weighted by Crippen LogP contribution is -2.42. The zero-order valence-corrected chi connectivity index (χ0v) is 10.5. The molecule has 8 heteroatoms. The minimum Gasteiger partial charge on any atom is -0.366 e. The van der Waals surface area contributed by atoms with Crippen LogP contribution in [0.25, 0.3) is 0 Å². The van der Waals surface area contributed by atoms with Gasteiger partial charge in [-0.05, 0) is 12.1 Å². The minimum absolute atomic E-state index is 0.131. The number of hydrogen-bond acceptors (Lipinski definition) is 6. The SMILES string of the molecule is N#CC1CN(c2cc(C(N)=O)ccc2[N+](=O)[O-])CCO1. The van der Waals surface area contributed by atoms with E-state index in [9.17, 15) is 14.9 Å². The molecule has 1 aromatic carbocycles. The number of morpholine rings is 1. The van der Waals surface area contributed by atoms with E-state index in [4.69, 9.17) is 15.7 Å². The van der Waals surface area contributed by atoms with Crippen LogP contribution in [0.15, 0.2) is 18.2 Å². The lowest BCUT2D eigenvalue weighted by molar-refractivity contribution is -0.384. The van der Waals surface area contributed by atoms with Crippen molar-refractivity contribution >= 4 is 17.3 Å². The quantitative estimate of drug-likeness (QED) is 0.630. The fraction of sp³-hybridized carbons (Fsp3) is 0.333. The number of nitrogens with zero attached hydrogens (tertiary/aromatic N) is 3. The molecular weight excluding hydrogens is 264 g/mol. The Morgan fingerprint density at radius 3 is 2.95 bits per heavy atom. The van der Waals surface area contributed by atoms with E-state index in [0.29, 0.717) is 6.54 Å². The van der Waals surface area contributed by atoms with Crippen LogP contribution >= 0.6 is 0 Å². The van der Waals surface area contributed by atoms with Gasteiger partial charge in [-0.1, -0.05) is 0 Å². The van der Waals surface area contributed by atoms with Crippen molar-refractivity contribution in [3.63, 3.8) is 0 Å². The molecule has 1 amide bonds. The van der Waals surface area contributed by atoms with E-state index in [1.807, 2.05) is 6.07 Å². The predicted molar refractivity (Wildman–Crippen MR) is 69.2 cm³/mol. The van der Waals surface area contributed by atoms with Gasteiger partial charge in [0, 0.05) is 18.2 Å². The van der Waals surface area contributed by atoms with Gasteiger partial charge >= 0.3 is 0 Å². The van der Waals surface area contributed by atoms with E-state index in [1.165, 1.54) is 18.2 Å². The Kier molecular flexibility index (Phi) is 3.81. The summed E-state index contributed by atoms with van der Waals surface area (Å²) in [5, 5.41) is 19.9. The molecular formula is C12H12N4O4. The van der Waals surface area contributed by atoms with Crippen LogP contribution in [0.5, 0.6) is 0 Å². The molecule has 0 saturated carbocycles. The Morgan fingerprint density at radius 1 is 1.60 bits per heavy atom. The number of hydrogen-bond donors (Lipinski definition) is 1. The number of rotatable bonds is 3. The molecule has 0 spiro atoms. The number of nitriles is 1. The number of carbonyl (C=O) groups excluding carboxylic acids is 1. The molecule has 0 aromatic heterocycles. The van der Waals surface area contributed by atoms with E-state index >= 15 is 0 Å². The third-order valence-electron chi connectivity index (χ3n) is 3.01. The second-order valence-corrected chi connectivity index (χ2v) is 4.26. The zero-order chi connectivity index (χ0) is 14.7. The van der Waals surface area contributed by atoms with Crippen LogP contribution < -0.4 is 10.6 Å². The molecule has 0 bridgehead atoms. The predicted octanol–water partition coefficient (Wildman–Crippen LogP) is 0.422. The summed E-state index contributed by atoms with van der Waals surface area (Å²) < 4.78 is 5.19. The Labute approximate surface area is 114 Å². The molecule has 2 N–H and O–H groups in total. The molecule has 20 heavy (non-hydrogen) atoms. The van der Waals surface area contributed by atoms with Crippen molar-refractivity contribution in [1.29, 1.82) is 5.26 Å². The van der Waals surface area contributed by atoms with Crippen molar-refractivity contribution in [2.45, 2.75) is 6.10 Å². The smallest absolute Gasteiger partial charge is 0.292 e. The third-order valence-corrected chi connectivity index (χ3v) is 3.01. The van der Waals surface area contributed by atoms with E-state index in [0.717, 1.165) is 0 Å². The highest BCUT2D eigenvalue weighted by Gasteiger charge is 2.26. The van der Waals surface area contributed by atoms with E-state index in [-0.39, 0.29) is 30.1 Å². The summed E-state index contributed by atoms with van der Waals surface area (Å²) in [4.78, 5) is 23.4. The summed E-state index contributed by atoms with van der Waals surface area (Å²) in [6.07, 6.45) is -0.652. The molecule has 1 fully saturated rings. The molecule has 1 aromatic rings. The largest absolute Gasteiger partial charge is 0.366 e. The summed E-state index contributed by atoms with van der Waals surface area (Å²) in [6, 6.07) is 5.89. The molecule has 1 heterocycles. The first kappa shape index (κ1) is 13.8. The van der Waals surface area contributed by atoms with Gasteiger partial charge in [-0.2, -0.15) is 5.26 Å². The fourth-order valence-electron chi connectivity index (χ4n) is 2.03. The third kappa shape index (κ3) is 2.67. The molecule has 1 aliphatic heterocycles. The fourth-order valence-corrected chi connectivity index (χ4v) is 2.03. The molecule has 1 unspecified atom stereocenters. The summed E-state index contributed by atoms with van der Waals surface area (Å²) in [5.74, 6) is -0.661. The van der Waals surface area contributed by atoms with Gasteiger partial charge in [0.15, 0.2) is 6.10 Å². The number of ether oxygens (including phenoxy) is 1. The van der Waals surface area contributed by atoms with Gasteiger partial charge in [0.2, 0.25) is 5.91 Å². The first-order valence-corrected chi connectivity index (χ1v) is 5.87. The highest BCUT2D eigenvalue weighted by atomic mass is 16.6. The highest BCUT2D eigenvalue weighted by Crippen LogP contribution is 2.30. The summed E-state index contributed by atoms with van der Waals surface area (Å²) >= 11 is 0. The van der Waals surface area contributed by atoms with Crippen molar-refractivity contribution in [2.24, 2.45) is 5.73 Å². The van der Waals surface area contributed by atoms with Gasteiger partial charge in [-0.15, -0.1) is 0 Å². The lowest BCUT2D eigenvalue weighted by atomic mass is 10.1. The number of nitro benzene ring substituents is 1. The number of anilines is 1. The maximum Gasteiger partial charge on any atom is 0.292 e. The Hall–Kier alpha value is -2.66. The second-order valence-electron chi connectivity index (χ2n) is 4.26. The second kappa shape index (κ2) is 5.54. The molecule has 104 valence electrons. The number of benzene rings is 1. The zero-order valence-electron chi connectivity index (χ0n) is 10.5. The maximum atomic E-state index is 11.2. The van der Waals surface area contributed by atoms with Gasteiger partial charge in [-0.3, -0.25) is 14.9 Å². The Bertz CT molecular complexity index is 596. The van der Waals surface area contributed by atoms with Crippen LogP contribution in [-0.4, -0.2) is 36.6 Å². The van der Waals surface area contributed by atoms with Gasteiger partial charge in [0.05, 0.1) is 24.1 Å². The molecule has 1 saturated heterocycles. The van der Waals surface area contributed by atoms with Crippen LogP contribution in [0.3, 0.4) is 0 Å². The van der Waals surface area contributed by atoms with Crippen molar-refractivity contribution in [1.82, 2.24) is 0 Å². The van der Waals surface area contributed by atoms with Crippen LogP contribution in [0, 0.1) is 21.4 Å². The summed E-state index contributed by atoms with van der Waals surface area (Å²) in [5.41, 5.74) is 5.52. The first-order valence-electron chi connectivity index (χ1n) is 5.87. The molecule has 8 nitrogen and oxygen atoms in total. The van der Waals surface area contributed by atoms with Crippen molar-refractivity contribution in [3.05, 3.63) is 33.9 Å². The Balaban J connectivity index is 2.42. The topological polar surface area (TPSA) is 122 Å². The van der Waals surface area contributed by atoms with Gasteiger partial charge in [0.25, 0.3) is 5.69 Å². The summed E-state index contributed by atoms with van der Waals surface area (Å²) in [6.45, 7) is 0.900. The van der Waals surface area contributed by atoms with Crippen molar-refractivity contribution < 1.29 is 14.5 Å². The maximum absolute atomic E-state index is 11.2. The average molecular weight is 276 g/mol. The number of primary amides is 1. The minimum atomic E-state index is -0.661. The molecule has 0 radical (unpaired) electrons. The number of nitrogens with two attached hydrogens (primary N) is 1. The molecule has 2 rings (SSSR count). The highest BCUT2D eigenvalue weighted by molar-refractivity contribution is 5.94. The normalized spacial score (nSPS) is 18.4. The molecule has 1 aliphatic rings. The first-order chi connectivity index (χ1) is 9.52. The number of nitro groups is 1. The van der Waals surface area contributed by atoms with Crippen LogP contribution in [0.1, 0.15) is 10.4 Å². The van der Waals surface area contributed by atoms with Gasteiger partial charge in [-0.25, -0.2) is 0 Å². The molecule has 0 aliphatic carbocycles. The van der Waals surface area contributed by atoms with Crippen LogP contribution in [0.2, 0.25) is 0 Å². The van der Waals surface area contributed by atoms with Crippen LogP contribution in [0.4, 0.5) is 11.4 Å². The van der Waals surface area contributed by atoms with Gasteiger partial charge < -0.3 is 15.4 Å². The average Bonchev–Trinajstić information content (AvgIpc) is 2.46. The van der Waals surface area contributed by atoms with E-state index in [1.54, 1.807) is 4.90 Å². The molecule has 1 atom stereocenters. The van der Waals surface area contributed by atoms with Crippen LogP contribution in [-0.2, 0) is 4.74 Å². The van der Waals surface area contributed by atoms with E-state index < -0.39 is 16.9 Å².